The second kappa shape index (κ2) is 4.11. The summed E-state index contributed by atoms with van der Waals surface area (Å²) >= 11 is 5.37. The van der Waals surface area contributed by atoms with Crippen LogP contribution in [0.1, 0.15) is 18.5 Å². The summed E-state index contributed by atoms with van der Waals surface area (Å²) in [6, 6.07) is 0.556. The molecule has 0 fully saturated rings. The molecule has 1 atom stereocenters. The van der Waals surface area contributed by atoms with Gasteiger partial charge in [0.05, 0.1) is 7.11 Å². The predicted octanol–water partition coefficient (Wildman–Crippen LogP) is 2.65. The Hall–Kier alpha value is -0.870. The zero-order chi connectivity index (χ0) is 10.9. The molecule has 0 aromatic heterocycles. The van der Waals surface area contributed by atoms with Crippen molar-refractivity contribution in [2.45, 2.75) is 13.0 Å². The van der Waals surface area contributed by atoms with Crippen LogP contribution in [0.4, 0.5) is 8.78 Å². The lowest BCUT2D eigenvalue weighted by Crippen LogP contribution is -2.09. The van der Waals surface area contributed by atoms with Crippen molar-refractivity contribution in [2.24, 2.45) is 5.73 Å². The Kier molecular flexibility index (Phi) is 3.29. The number of hydrogen-bond acceptors (Lipinski definition) is 2. The van der Waals surface area contributed by atoms with Gasteiger partial charge in [0.2, 0.25) is 0 Å². The molecule has 5 heteroatoms. The summed E-state index contributed by atoms with van der Waals surface area (Å²) in [6.45, 7) is 1.60. The van der Waals surface area contributed by atoms with Gasteiger partial charge in [0.1, 0.15) is 10.8 Å². The third-order valence-corrected chi connectivity index (χ3v) is 2.19. The van der Waals surface area contributed by atoms with E-state index < -0.39 is 22.7 Å². The van der Waals surface area contributed by atoms with Crippen molar-refractivity contribution < 1.29 is 13.5 Å². The van der Waals surface area contributed by atoms with E-state index in [0.29, 0.717) is 0 Å². The van der Waals surface area contributed by atoms with Crippen molar-refractivity contribution in [1.82, 2.24) is 0 Å². The largest absolute Gasteiger partial charge is 0.493 e. The van der Waals surface area contributed by atoms with Gasteiger partial charge in [0, 0.05) is 11.6 Å². The Morgan fingerprint density at radius 1 is 1.50 bits per heavy atom. The topological polar surface area (TPSA) is 35.2 Å². The van der Waals surface area contributed by atoms with Crippen LogP contribution in [0.2, 0.25) is 5.02 Å². The molecule has 0 radical (unpaired) electrons. The number of nitrogens with two attached hydrogens (primary N) is 1. The van der Waals surface area contributed by atoms with Gasteiger partial charge in [-0.2, -0.15) is 0 Å². The normalized spacial score (nSPS) is 12.7. The molecule has 1 aromatic rings. The molecular formula is C9H10ClF2NO. The number of ether oxygens (including phenoxy) is 1. The second-order valence-corrected chi connectivity index (χ2v) is 3.28. The fourth-order valence-electron chi connectivity index (χ4n) is 1.14. The Labute approximate surface area is 85.6 Å². The van der Waals surface area contributed by atoms with Crippen LogP contribution in [0.5, 0.6) is 5.75 Å². The first-order valence-corrected chi connectivity index (χ1v) is 4.33. The van der Waals surface area contributed by atoms with Crippen LogP contribution < -0.4 is 10.5 Å². The number of benzene rings is 1. The van der Waals surface area contributed by atoms with E-state index in [1.54, 1.807) is 6.92 Å². The van der Waals surface area contributed by atoms with Crippen molar-refractivity contribution in [3.63, 3.8) is 0 Å². The molecule has 1 unspecified atom stereocenters. The van der Waals surface area contributed by atoms with E-state index in [1.165, 1.54) is 7.11 Å². The molecule has 0 aliphatic rings. The van der Waals surface area contributed by atoms with E-state index in [4.69, 9.17) is 22.1 Å². The van der Waals surface area contributed by atoms with Gasteiger partial charge >= 0.3 is 0 Å². The van der Waals surface area contributed by atoms with Crippen molar-refractivity contribution in [3.8, 4) is 5.75 Å². The summed E-state index contributed by atoms with van der Waals surface area (Å²) in [5, 5.41) is -0.578. The van der Waals surface area contributed by atoms with Crippen LogP contribution >= 0.6 is 11.6 Å². The monoisotopic (exact) mass is 221 g/mol. The number of methoxy groups -OCH3 is 1. The van der Waals surface area contributed by atoms with E-state index in [9.17, 15) is 8.78 Å². The van der Waals surface area contributed by atoms with Gasteiger partial charge in [-0.3, -0.25) is 0 Å². The first kappa shape index (κ1) is 11.2. The predicted molar refractivity (Wildman–Crippen MR) is 50.5 cm³/mol. The lowest BCUT2D eigenvalue weighted by molar-refractivity contribution is 0.376. The maximum absolute atomic E-state index is 13.3. The summed E-state index contributed by atoms with van der Waals surface area (Å²) in [5.41, 5.74) is 5.78. The Morgan fingerprint density at radius 2 is 2.07 bits per heavy atom. The first-order chi connectivity index (χ1) is 6.49. The summed E-state index contributed by atoms with van der Waals surface area (Å²) in [5.74, 6) is -1.86. The Balaban J connectivity index is 3.43. The highest BCUT2D eigenvalue weighted by atomic mass is 35.5. The van der Waals surface area contributed by atoms with Crippen molar-refractivity contribution in [2.75, 3.05) is 7.11 Å². The highest BCUT2D eigenvalue weighted by molar-refractivity contribution is 6.31. The molecule has 2 nitrogen and oxygen atoms in total. The Bertz CT molecular complexity index is 355. The third kappa shape index (κ3) is 1.81. The maximum atomic E-state index is 13.3. The average Bonchev–Trinajstić information content (AvgIpc) is 2.13. The zero-order valence-corrected chi connectivity index (χ0v) is 8.53. The van der Waals surface area contributed by atoms with Crippen molar-refractivity contribution in [1.29, 1.82) is 0 Å². The zero-order valence-electron chi connectivity index (χ0n) is 7.77. The molecule has 0 spiro atoms. The first-order valence-electron chi connectivity index (χ1n) is 3.96. The molecule has 0 bridgehead atoms. The molecule has 0 aliphatic heterocycles. The molecule has 2 N–H and O–H groups in total. The van der Waals surface area contributed by atoms with Gasteiger partial charge < -0.3 is 10.5 Å². The van der Waals surface area contributed by atoms with E-state index >= 15 is 0 Å². The molecular weight excluding hydrogens is 212 g/mol. The van der Waals surface area contributed by atoms with E-state index in [1.807, 2.05) is 0 Å². The smallest absolute Gasteiger partial charge is 0.186 e. The fraction of sp³-hybridized carbons (Fsp3) is 0.333. The van der Waals surface area contributed by atoms with Gasteiger partial charge in [0.25, 0.3) is 0 Å². The minimum absolute atomic E-state index is 0.105. The quantitative estimate of drug-likeness (QED) is 0.780. The van der Waals surface area contributed by atoms with Crippen LogP contribution in [0.3, 0.4) is 0 Å². The Morgan fingerprint density at radius 3 is 2.50 bits per heavy atom. The minimum Gasteiger partial charge on any atom is -0.493 e. The average molecular weight is 222 g/mol. The van der Waals surface area contributed by atoms with E-state index in [-0.39, 0.29) is 11.3 Å². The molecule has 14 heavy (non-hydrogen) atoms. The van der Waals surface area contributed by atoms with Crippen LogP contribution in [-0.4, -0.2) is 7.11 Å². The van der Waals surface area contributed by atoms with Gasteiger partial charge in [-0.1, -0.05) is 11.6 Å². The summed E-state index contributed by atoms with van der Waals surface area (Å²) < 4.78 is 31.1. The van der Waals surface area contributed by atoms with Gasteiger partial charge in [-0.05, 0) is 13.0 Å². The van der Waals surface area contributed by atoms with E-state index in [0.717, 1.165) is 6.07 Å². The van der Waals surface area contributed by atoms with Crippen LogP contribution in [0.15, 0.2) is 6.07 Å². The van der Waals surface area contributed by atoms with Gasteiger partial charge in [0.15, 0.2) is 11.6 Å². The lowest BCUT2D eigenvalue weighted by atomic mass is 10.1. The minimum atomic E-state index is -0.915. The molecule has 1 rings (SSSR count). The highest BCUT2D eigenvalue weighted by Crippen LogP contribution is 2.33. The highest BCUT2D eigenvalue weighted by Gasteiger charge is 2.19. The van der Waals surface area contributed by atoms with Crippen molar-refractivity contribution in [3.05, 3.63) is 28.3 Å². The van der Waals surface area contributed by atoms with Crippen LogP contribution in [-0.2, 0) is 0 Å². The molecule has 1 aromatic carbocycles. The fourth-order valence-corrected chi connectivity index (χ4v) is 1.28. The maximum Gasteiger partial charge on any atom is 0.186 e. The van der Waals surface area contributed by atoms with Gasteiger partial charge in [-0.15, -0.1) is 0 Å². The molecule has 78 valence electrons. The molecule has 0 saturated heterocycles. The third-order valence-electron chi connectivity index (χ3n) is 1.84. The van der Waals surface area contributed by atoms with Crippen LogP contribution in [0, 0.1) is 11.6 Å². The molecule has 0 saturated carbocycles. The number of hydrogen-bond donors (Lipinski definition) is 1. The molecule has 0 heterocycles. The summed E-state index contributed by atoms with van der Waals surface area (Å²) in [6.07, 6.45) is 0. The second-order valence-electron chi connectivity index (χ2n) is 2.90. The standard InChI is InChI=1S/C9H10ClF2NO/c1-4(13)5-3-6(11)7(10)8(12)9(5)14-2/h3-4H,13H2,1-2H3. The molecule has 0 aliphatic carbocycles. The summed E-state index contributed by atoms with van der Waals surface area (Å²) in [4.78, 5) is 0. The van der Waals surface area contributed by atoms with Crippen molar-refractivity contribution >= 4 is 11.6 Å². The number of halogens is 3. The van der Waals surface area contributed by atoms with Crippen LogP contribution in [0.25, 0.3) is 0 Å². The summed E-state index contributed by atoms with van der Waals surface area (Å²) in [7, 11) is 1.28. The van der Waals surface area contributed by atoms with E-state index in [2.05, 4.69) is 0 Å². The number of rotatable bonds is 2. The SMILES string of the molecule is COc1c(C(C)N)cc(F)c(Cl)c1F. The van der Waals surface area contributed by atoms with Gasteiger partial charge in [-0.25, -0.2) is 8.78 Å². The molecule has 0 amide bonds. The lowest BCUT2D eigenvalue weighted by Gasteiger charge is -2.13.